The van der Waals surface area contributed by atoms with Crippen LogP contribution in [0.1, 0.15) is 0 Å². The predicted octanol–water partition coefficient (Wildman–Crippen LogP) is -1.64. The molecule has 0 saturated heterocycles. The molecule has 15 heteroatoms. The van der Waals surface area contributed by atoms with E-state index in [4.69, 9.17) is 24.5 Å². The Morgan fingerprint density at radius 2 is 1.35 bits per heavy atom. The highest BCUT2D eigenvalue weighted by atomic mass is 31.3. The molecule has 124 valence electrons. The van der Waals surface area contributed by atoms with E-state index in [1.165, 1.54) is 0 Å². The molecule has 20 heavy (non-hydrogen) atoms. The quantitative estimate of drug-likeness (QED) is 0.269. The lowest BCUT2D eigenvalue weighted by Crippen LogP contribution is -2.37. The molecule has 12 nitrogen and oxygen atoms in total. The van der Waals surface area contributed by atoms with Crippen LogP contribution in [-0.4, -0.2) is 63.2 Å². The molecule has 0 radical (unpaired) electrons. The van der Waals surface area contributed by atoms with Gasteiger partial charge in [-0.15, -0.1) is 0 Å². The Balaban J connectivity index is 0. The van der Waals surface area contributed by atoms with Gasteiger partial charge in [0.05, 0.1) is 21.1 Å². The average Bonchev–Trinajstić information content (AvgIpc) is 1.90. The van der Waals surface area contributed by atoms with Gasteiger partial charge in [-0.25, -0.2) is 13.4 Å². The Labute approximate surface area is 115 Å². The van der Waals surface area contributed by atoms with E-state index in [2.05, 4.69) is 8.83 Å². The van der Waals surface area contributed by atoms with Crippen LogP contribution in [-0.2, 0) is 22.5 Å². The third-order valence-electron chi connectivity index (χ3n) is 1.23. The van der Waals surface area contributed by atoms with Crippen molar-refractivity contribution in [1.82, 2.24) is 0 Å². The summed E-state index contributed by atoms with van der Waals surface area (Å²) in [5, 5.41) is 0. The fourth-order valence-corrected chi connectivity index (χ4v) is 1.96. The van der Waals surface area contributed by atoms with Crippen molar-refractivity contribution in [3.05, 3.63) is 0 Å². The SMILES string of the molecule is C[N+](C)(C)CCOP(=O)(O)O.O=P([O-])(O)OP(=O)(O)O. The van der Waals surface area contributed by atoms with Crippen molar-refractivity contribution in [2.75, 3.05) is 34.3 Å². The molecular weight excluding hydrogens is 343 g/mol. The van der Waals surface area contributed by atoms with E-state index in [0.717, 1.165) is 0 Å². The molecule has 0 rings (SSSR count). The van der Waals surface area contributed by atoms with Gasteiger partial charge in [-0.2, -0.15) is 0 Å². The third kappa shape index (κ3) is 26.8. The maximum absolute atomic E-state index is 10.2. The minimum atomic E-state index is -5.30. The van der Waals surface area contributed by atoms with E-state index in [0.29, 0.717) is 11.0 Å². The molecule has 0 spiro atoms. The van der Waals surface area contributed by atoms with Crippen LogP contribution in [0.3, 0.4) is 0 Å². The zero-order valence-corrected chi connectivity index (χ0v) is 13.6. The van der Waals surface area contributed by atoms with Gasteiger partial charge in [-0.3, -0.25) is 9.09 Å². The van der Waals surface area contributed by atoms with Crippen molar-refractivity contribution in [2.24, 2.45) is 0 Å². The van der Waals surface area contributed by atoms with Crippen molar-refractivity contribution in [2.45, 2.75) is 0 Å². The molecular formula is C5H18NO11P3. The van der Waals surface area contributed by atoms with Crippen molar-refractivity contribution in [3.8, 4) is 0 Å². The number of nitrogens with zero attached hydrogens (tertiary/aromatic N) is 1. The highest BCUT2D eigenvalue weighted by molar-refractivity contribution is 7.59. The molecule has 1 unspecified atom stereocenters. The molecule has 0 aromatic heterocycles. The lowest BCUT2D eigenvalue weighted by Gasteiger charge is -2.23. The van der Waals surface area contributed by atoms with Gasteiger partial charge in [0.25, 0.3) is 7.82 Å². The summed E-state index contributed by atoms with van der Waals surface area (Å²) < 4.78 is 37.0. The second kappa shape index (κ2) is 8.09. The van der Waals surface area contributed by atoms with Crippen LogP contribution in [0.2, 0.25) is 0 Å². The molecule has 0 aliphatic carbocycles. The van der Waals surface area contributed by atoms with Gasteiger partial charge in [0.2, 0.25) is 0 Å². The van der Waals surface area contributed by atoms with E-state index < -0.39 is 23.5 Å². The summed E-state index contributed by atoms with van der Waals surface area (Å²) in [6, 6.07) is 0. The highest BCUT2D eigenvalue weighted by Gasteiger charge is 2.20. The predicted molar refractivity (Wildman–Crippen MR) is 63.8 cm³/mol. The molecule has 5 N–H and O–H groups in total. The summed E-state index contributed by atoms with van der Waals surface area (Å²) >= 11 is 0. The Hall–Kier alpha value is 0.330. The molecule has 0 saturated carbocycles. The molecule has 0 heterocycles. The van der Waals surface area contributed by atoms with Gasteiger partial charge in [0.1, 0.15) is 13.2 Å². The first-order valence-electron chi connectivity index (χ1n) is 4.72. The van der Waals surface area contributed by atoms with Crippen LogP contribution in [0.4, 0.5) is 0 Å². The molecule has 0 aliphatic rings. The van der Waals surface area contributed by atoms with Crippen molar-refractivity contribution >= 4 is 23.5 Å². The fourth-order valence-electron chi connectivity index (χ4n) is 0.568. The van der Waals surface area contributed by atoms with Crippen molar-refractivity contribution in [3.63, 3.8) is 0 Å². The van der Waals surface area contributed by atoms with Gasteiger partial charge in [0.15, 0.2) is 0 Å². The highest BCUT2D eigenvalue weighted by Crippen LogP contribution is 2.51. The van der Waals surface area contributed by atoms with Crippen LogP contribution in [0.25, 0.3) is 0 Å². The number of quaternary nitrogens is 1. The topological polar surface area (TPSA) is 194 Å². The maximum atomic E-state index is 10.2. The average molecular weight is 361 g/mol. The summed E-state index contributed by atoms with van der Waals surface area (Å²) in [6.45, 7) is 0.652. The summed E-state index contributed by atoms with van der Waals surface area (Å²) in [4.78, 5) is 49.2. The Bertz CT molecular complexity index is 392. The lowest BCUT2D eigenvalue weighted by atomic mass is 10.5. The normalized spacial score (nSPS) is 16.1. The lowest BCUT2D eigenvalue weighted by molar-refractivity contribution is -0.870. The van der Waals surface area contributed by atoms with Crippen LogP contribution in [0, 0.1) is 0 Å². The largest absolute Gasteiger partial charge is 0.756 e. The third-order valence-corrected chi connectivity index (χ3v) is 3.43. The first kappa shape index (κ1) is 22.6. The van der Waals surface area contributed by atoms with E-state index in [9.17, 15) is 18.6 Å². The fraction of sp³-hybridized carbons (Fsp3) is 1.00. The maximum Gasteiger partial charge on any atom is 0.476 e. The van der Waals surface area contributed by atoms with Crippen LogP contribution in [0.15, 0.2) is 0 Å². The summed E-state index contributed by atoms with van der Waals surface area (Å²) in [5.41, 5.74) is 0. The van der Waals surface area contributed by atoms with E-state index in [1.807, 2.05) is 21.1 Å². The van der Waals surface area contributed by atoms with Gasteiger partial charge in [0, 0.05) is 0 Å². The van der Waals surface area contributed by atoms with Gasteiger partial charge in [-0.1, -0.05) is 0 Å². The number of likely N-dealkylation sites (N-methyl/N-ethyl adjacent to an activating group) is 1. The molecule has 0 aromatic carbocycles. The van der Waals surface area contributed by atoms with Gasteiger partial charge >= 0.3 is 15.6 Å². The standard InChI is InChI=1S/C5H14NO4P.H4O7P2/c1-6(2,3)4-5-10-11(7,8)9;1-8(2,3)7-9(4,5)6/h4-5H2,1-3H3,(H-,7,8,9);(H2,1,2,3)(H2,4,5,6). The van der Waals surface area contributed by atoms with Crippen LogP contribution < -0.4 is 4.89 Å². The number of hydrogen-bond acceptors (Lipinski definition) is 6. The Morgan fingerprint density at radius 1 is 0.950 bits per heavy atom. The summed E-state index contributed by atoms with van der Waals surface area (Å²) in [5.74, 6) is 0. The molecule has 1 atom stereocenters. The van der Waals surface area contributed by atoms with E-state index in [1.54, 1.807) is 0 Å². The minimum absolute atomic E-state index is 0.0772. The monoisotopic (exact) mass is 361 g/mol. The first-order chi connectivity index (χ1) is 8.41. The molecule has 0 aliphatic heterocycles. The number of phosphoric acid groups is 3. The van der Waals surface area contributed by atoms with Crippen molar-refractivity contribution < 1.29 is 56.4 Å². The Morgan fingerprint density at radius 3 is 1.50 bits per heavy atom. The first-order valence-corrected chi connectivity index (χ1v) is 9.28. The smallest absolute Gasteiger partial charge is 0.476 e. The van der Waals surface area contributed by atoms with Crippen molar-refractivity contribution in [1.29, 1.82) is 0 Å². The number of phosphoric ester groups is 1. The Kier molecular flexibility index (Phi) is 9.15. The number of rotatable bonds is 6. The minimum Gasteiger partial charge on any atom is -0.756 e. The van der Waals surface area contributed by atoms with Gasteiger partial charge in [-0.05, 0) is 0 Å². The second-order valence-corrected chi connectivity index (χ2v) is 8.19. The summed E-state index contributed by atoms with van der Waals surface area (Å²) in [7, 11) is -8.92. The molecule has 0 amide bonds. The number of hydrogen-bond donors (Lipinski definition) is 5. The molecule has 0 bridgehead atoms. The summed E-state index contributed by atoms with van der Waals surface area (Å²) in [6.07, 6.45) is 0. The zero-order valence-electron chi connectivity index (χ0n) is 10.9. The van der Waals surface area contributed by atoms with E-state index >= 15 is 0 Å². The zero-order chi connectivity index (χ0) is 16.8. The second-order valence-electron chi connectivity index (χ2n) is 4.38. The molecule has 0 fully saturated rings. The van der Waals surface area contributed by atoms with Gasteiger partial charge < -0.3 is 33.8 Å². The van der Waals surface area contributed by atoms with E-state index in [-0.39, 0.29) is 6.61 Å². The van der Waals surface area contributed by atoms with Crippen LogP contribution >= 0.6 is 23.5 Å². The molecule has 0 aromatic rings. The van der Waals surface area contributed by atoms with Crippen LogP contribution in [0.5, 0.6) is 0 Å².